The Morgan fingerprint density at radius 3 is 2.30 bits per heavy atom. The summed E-state index contributed by atoms with van der Waals surface area (Å²) in [6.45, 7) is -0.137. The van der Waals surface area contributed by atoms with Gasteiger partial charge >= 0.3 is 5.97 Å². The maximum Gasteiger partial charge on any atom is 0.323 e. The molecule has 0 aliphatic heterocycles. The van der Waals surface area contributed by atoms with Gasteiger partial charge in [0.25, 0.3) is 11.3 Å². The lowest BCUT2D eigenvalue weighted by Crippen LogP contribution is -2.47. The number of carboxylic acids is 1. The van der Waals surface area contributed by atoms with Gasteiger partial charge in [-0.3, -0.25) is 14.4 Å². The molecule has 2 aromatic rings. The van der Waals surface area contributed by atoms with Crippen molar-refractivity contribution < 1.29 is 32.6 Å². The molecule has 1 saturated carbocycles. The molecule has 1 fully saturated rings. The average Bonchev–Trinajstić information content (AvgIpc) is 2.90. The molecule has 0 heterocycles. The van der Waals surface area contributed by atoms with Crippen molar-refractivity contribution >= 4 is 39.8 Å². The van der Waals surface area contributed by atoms with Crippen molar-refractivity contribution in [1.82, 2.24) is 15.4 Å². The number of aliphatic carboxylic acids is 1. The van der Waals surface area contributed by atoms with E-state index in [9.17, 15) is 23.7 Å². The highest BCUT2D eigenvalue weighted by atomic mass is 32.2. The van der Waals surface area contributed by atoms with Crippen LogP contribution in [-0.4, -0.2) is 53.3 Å². The third kappa shape index (κ3) is 9.01. The van der Waals surface area contributed by atoms with Gasteiger partial charge in [-0.2, -0.15) is 8.93 Å². The number of benzene rings is 2. The summed E-state index contributed by atoms with van der Waals surface area (Å²) in [5.74, 6) is -0.285. The Labute approximate surface area is 219 Å². The smallest absolute Gasteiger partial charge is 0.323 e. The zero-order chi connectivity index (χ0) is 26.6. The number of carboxylic acid groups (broad SMARTS) is 1. The number of carbonyl (C=O) groups is 3. The van der Waals surface area contributed by atoms with Crippen LogP contribution in [0.5, 0.6) is 11.5 Å². The van der Waals surface area contributed by atoms with Crippen molar-refractivity contribution in [3.8, 4) is 11.5 Å². The molecule has 10 nitrogen and oxygen atoms in total. The quantitative estimate of drug-likeness (QED) is 0.292. The van der Waals surface area contributed by atoms with Crippen LogP contribution in [0.1, 0.15) is 51.4 Å². The largest absolute Gasteiger partial charge is 0.496 e. The van der Waals surface area contributed by atoms with Gasteiger partial charge in [-0.15, -0.1) is 0 Å². The summed E-state index contributed by atoms with van der Waals surface area (Å²) in [6.07, 6.45) is 7.44. The van der Waals surface area contributed by atoms with E-state index in [2.05, 4.69) is 15.4 Å². The molecule has 0 bridgehead atoms. The molecule has 2 aromatic carbocycles. The fraction of sp³-hybridized carbons (Fsp3) is 0.500. The van der Waals surface area contributed by atoms with Gasteiger partial charge < -0.3 is 24.7 Å². The van der Waals surface area contributed by atoms with Crippen LogP contribution in [0.4, 0.5) is 0 Å². The number of nitrogens with one attached hydrogen (secondary N) is 3. The maximum atomic E-state index is 12.5. The molecule has 0 aromatic heterocycles. The molecule has 0 spiro atoms. The van der Waals surface area contributed by atoms with Crippen LogP contribution in [0.2, 0.25) is 0 Å². The first-order valence-electron chi connectivity index (χ1n) is 12.6. The summed E-state index contributed by atoms with van der Waals surface area (Å²) in [4.78, 5) is 35.8. The molecule has 0 saturated heterocycles. The van der Waals surface area contributed by atoms with Gasteiger partial charge in [-0.05, 0) is 24.5 Å². The third-order valence-electron chi connectivity index (χ3n) is 6.45. The average molecular weight is 534 g/mol. The number of amides is 2. The molecule has 2 amide bonds. The predicted molar refractivity (Wildman–Crippen MR) is 140 cm³/mol. The van der Waals surface area contributed by atoms with E-state index >= 15 is 0 Å². The third-order valence-corrected chi connectivity index (χ3v) is 7.25. The highest BCUT2D eigenvalue weighted by molar-refractivity contribution is 7.78. The van der Waals surface area contributed by atoms with E-state index in [1.807, 2.05) is 6.07 Å². The first-order valence-corrected chi connectivity index (χ1v) is 13.6. The molecule has 3 rings (SSSR count). The summed E-state index contributed by atoms with van der Waals surface area (Å²) in [7, 11) is 1.54. The van der Waals surface area contributed by atoms with E-state index in [-0.39, 0.29) is 31.2 Å². The Bertz CT molecular complexity index is 1100. The number of ether oxygens (including phenoxy) is 1. The van der Waals surface area contributed by atoms with Gasteiger partial charge in [0.1, 0.15) is 17.5 Å². The zero-order valence-electron chi connectivity index (χ0n) is 21.0. The number of carbonyl (C=O) groups excluding carboxylic acids is 2. The SMILES string of the molecule is COc1cccc2c(OS(=O)NC(CNC(=O)CCNC(=O)CCC3CCCCC3)C(=O)O)cccc12. The van der Waals surface area contributed by atoms with Gasteiger partial charge in [0, 0.05) is 36.7 Å². The minimum Gasteiger partial charge on any atom is -0.496 e. The van der Waals surface area contributed by atoms with E-state index in [0.29, 0.717) is 23.5 Å². The highest BCUT2D eigenvalue weighted by Gasteiger charge is 2.22. The number of methoxy groups -OCH3 is 1. The first kappa shape index (κ1) is 28.4. The Hall–Kier alpha value is -3.18. The Kier molecular flexibility index (Phi) is 11.2. The lowest BCUT2D eigenvalue weighted by molar-refractivity contribution is -0.138. The second-order valence-electron chi connectivity index (χ2n) is 9.09. The summed E-state index contributed by atoms with van der Waals surface area (Å²) >= 11 is -2.20. The number of fused-ring (bicyclic) bond motifs is 1. The van der Waals surface area contributed by atoms with Crippen molar-refractivity contribution in [3.63, 3.8) is 0 Å². The lowest BCUT2D eigenvalue weighted by Gasteiger charge is -2.21. The normalized spacial score (nSPS) is 15.5. The monoisotopic (exact) mass is 533 g/mol. The van der Waals surface area contributed by atoms with E-state index in [1.54, 1.807) is 37.4 Å². The van der Waals surface area contributed by atoms with E-state index in [0.717, 1.165) is 11.8 Å². The minimum absolute atomic E-state index is 0.0128. The molecular weight excluding hydrogens is 498 g/mol. The van der Waals surface area contributed by atoms with Crippen molar-refractivity contribution in [2.45, 2.75) is 57.4 Å². The number of rotatable bonds is 14. The van der Waals surface area contributed by atoms with Crippen LogP contribution in [-0.2, 0) is 25.7 Å². The Morgan fingerprint density at radius 2 is 1.62 bits per heavy atom. The van der Waals surface area contributed by atoms with Crippen LogP contribution >= 0.6 is 0 Å². The predicted octanol–water partition coefficient (Wildman–Crippen LogP) is 2.83. The second-order valence-corrected chi connectivity index (χ2v) is 9.96. The van der Waals surface area contributed by atoms with E-state index in [1.165, 1.54) is 32.1 Å². The number of hydrogen-bond acceptors (Lipinski definition) is 6. The van der Waals surface area contributed by atoms with Crippen LogP contribution in [0.25, 0.3) is 10.8 Å². The van der Waals surface area contributed by atoms with E-state index in [4.69, 9.17) is 8.92 Å². The maximum absolute atomic E-state index is 12.5. The summed E-state index contributed by atoms with van der Waals surface area (Å²) in [5, 5.41) is 16.1. The molecule has 202 valence electrons. The van der Waals surface area contributed by atoms with Gasteiger partial charge in [0.05, 0.1) is 7.11 Å². The van der Waals surface area contributed by atoms with Gasteiger partial charge in [-0.25, -0.2) is 0 Å². The van der Waals surface area contributed by atoms with Crippen molar-refractivity contribution in [2.24, 2.45) is 5.92 Å². The first-order chi connectivity index (χ1) is 17.9. The van der Waals surface area contributed by atoms with Gasteiger partial charge in [0.2, 0.25) is 11.8 Å². The highest BCUT2D eigenvalue weighted by Crippen LogP contribution is 2.32. The summed E-state index contributed by atoms with van der Waals surface area (Å²) < 4.78 is 25.7. The van der Waals surface area contributed by atoms with Crippen molar-refractivity contribution in [1.29, 1.82) is 0 Å². The molecule has 1 aliphatic carbocycles. The molecular formula is C26H35N3O7S. The Balaban J connectivity index is 1.41. The summed E-state index contributed by atoms with van der Waals surface area (Å²) in [5.41, 5.74) is 0. The topological polar surface area (TPSA) is 143 Å². The molecule has 2 unspecified atom stereocenters. The van der Waals surface area contributed by atoms with Crippen LogP contribution in [0, 0.1) is 5.92 Å². The molecule has 1 aliphatic rings. The molecule has 2 atom stereocenters. The molecule has 0 radical (unpaired) electrons. The fourth-order valence-electron chi connectivity index (χ4n) is 4.42. The lowest BCUT2D eigenvalue weighted by atomic mass is 9.86. The van der Waals surface area contributed by atoms with Gasteiger partial charge in [0.15, 0.2) is 0 Å². The molecule has 37 heavy (non-hydrogen) atoms. The molecule has 11 heteroatoms. The fourth-order valence-corrected chi connectivity index (χ4v) is 5.20. The summed E-state index contributed by atoms with van der Waals surface area (Å²) in [6, 6.07) is 9.12. The second kappa shape index (κ2) is 14.5. The van der Waals surface area contributed by atoms with Crippen LogP contribution in [0.15, 0.2) is 36.4 Å². The van der Waals surface area contributed by atoms with Crippen molar-refractivity contribution in [3.05, 3.63) is 36.4 Å². The van der Waals surface area contributed by atoms with E-state index < -0.39 is 29.2 Å². The minimum atomic E-state index is -2.20. The van der Waals surface area contributed by atoms with Crippen molar-refractivity contribution in [2.75, 3.05) is 20.2 Å². The molecule has 4 N–H and O–H groups in total. The Morgan fingerprint density at radius 1 is 0.973 bits per heavy atom. The van der Waals surface area contributed by atoms with Gasteiger partial charge in [-0.1, -0.05) is 56.4 Å². The zero-order valence-corrected chi connectivity index (χ0v) is 21.8. The van der Waals surface area contributed by atoms with Crippen LogP contribution in [0.3, 0.4) is 0 Å². The number of hydrogen-bond donors (Lipinski definition) is 4. The standard InChI is InChI=1S/C26H35N3O7S/c1-35-22-11-5-10-20-19(22)9-6-12-23(20)36-37(34)29-21(26(32)33)17-28-25(31)15-16-27-24(30)14-13-18-7-3-2-4-8-18/h5-6,9-12,18,21,29H,2-4,7-8,13-17H2,1H3,(H,27,30)(H,28,31)(H,32,33). The van der Waals surface area contributed by atoms with Crippen LogP contribution < -0.4 is 24.3 Å².